The molecule has 1 aliphatic rings. The molecule has 0 bridgehead atoms. The van der Waals surface area contributed by atoms with Gasteiger partial charge in [0, 0.05) is 54.6 Å². The highest BCUT2D eigenvalue weighted by Gasteiger charge is 2.21. The lowest BCUT2D eigenvalue weighted by Gasteiger charge is -2.38. The van der Waals surface area contributed by atoms with Crippen molar-refractivity contribution in [1.82, 2.24) is 4.90 Å². The monoisotopic (exact) mass is 478 g/mol. The van der Waals surface area contributed by atoms with E-state index in [9.17, 15) is 9.90 Å². The fourth-order valence-electron chi connectivity index (χ4n) is 4.47. The molecule has 1 unspecified atom stereocenters. The third-order valence-corrected chi connectivity index (χ3v) is 6.51. The zero-order valence-electron chi connectivity index (χ0n) is 19.7. The SMILES string of the molecule is Cc1cccc(C)c1N1CCN(CC(O)COc2ccc(C(=O)c3ccc(Cl)cc3)cc2)CC1. The van der Waals surface area contributed by atoms with E-state index < -0.39 is 6.10 Å². The van der Waals surface area contributed by atoms with Crippen molar-refractivity contribution in [2.24, 2.45) is 0 Å². The van der Waals surface area contributed by atoms with E-state index in [1.54, 1.807) is 48.5 Å². The van der Waals surface area contributed by atoms with Crippen molar-refractivity contribution in [2.45, 2.75) is 20.0 Å². The van der Waals surface area contributed by atoms with E-state index in [2.05, 4.69) is 41.8 Å². The number of β-amino-alcohol motifs (C(OH)–C–C–N with tert-alkyl or cyclic N) is 1. The van der Waals surface area contributed by atoms with Gasteiger partial charge in [0.1, 0.15) is 18.5 Å². The highest BCUT2D eigenvalue weighted by Crippen LogP contribution is 2.25. The Morgan fingerprint density at radius 1 is 0.912 bits per heavy atom. The summed E-state index contributed by atoms with van der Waals surface area (Å²) < 4.78 is 5.77. The summed E-state index contributed by atoms with van der Waals surface area (Å²) >= 11 is 5.89. The molecule has 0 spiro atoms. The van der Waals surface area contributed by atoms with Gasteiger partial charge in [0.05, 0.1) is 0 Å². The van der Waals surface area contributed by atoms with Gasteiger partial charge in [0.25, 0.3) is 0 Å². The van der Waals surface area contributed by atoms with Crippen LogP contribution in [0.5, 0.6) is 5.75 Å². The van der Waals surface area contributed by atoms with Crippen LogP contribution in [-0.2, 0) is 0 Å². The number of hydrogen-bond acceptors (Lipinski definition) is 5. The summed E-state index contributed by atoms with van der Waals surface area (Å²) in [5.41, 5.74) is 5.12. The molecule has 0 amide bonds. The van der Waals surface area contributed by atoms with Crippen molar-refractivity contribution < 1.29 is 14.6 Å². The summed E-state index contributed by atoms with van der Waals surface area (Å²) in [4.78, 5) is 17.3. The Morgan fingerprint density at radius 2 is 1.47 bits per heavy atom. The fourth-order valence-corrected chi connectivity index (χ4v) is 4.60. The van der Waals surface area contributed by atoms with Crippen LogP contribution in [0.25, 0.3) is 0 Å². The van der Waals surface area contributed by atoms with Crippen molar-refractivity contribution in [3.63, 3.8) is 0 Å². The normalized spacial score (nSPS) is 15.2. The molecule has 5 nitrogen and oxygen atoms in total. The van der Waals surface area contributed by atoms with E-state index in [0.717, 1.165) is 26.2 Å². The summed E-state index contributed by atoms with van der Waals surface area (Å²) in [7, 11) is 0. The molecule has 1 N–H and O–H groups in total. The summed E-state index contributed by atoms with van der Waals surface area (Å²) in [5.74, 6) is 0.565. The number of rotatable bonds is 8. The van der Waals surface area contributed by atoms with Gasteiger partial charge >= 0.3 is 0 Å². The van der Waals surface area contributed by atoms with Crippen molar-refractivity contribution >= 4 is 23.1 Å². The number of ketones is 1. The van der Waals surface area contributed by atoms with Crippen molar-refractivity contribution in [3.8, 4) is 5.75 Å². The lowest BCUT2D eigenvalue weighted by atomic mass is 10.0. The second kappa shape index (κ2) is 11.0. The Kier molecular flexibility index (Phi) is 7.88. The maximum absolute atomic E-state index is 12.6. The molecule has 1 atom stereocenters. The number of aliphatic hydroxyl groups excluding tert-OH is 1. The van der Waals surface area contributed by atoms with Crippen LogP contribution in [0, 0.1) is 13.8 Å². The van der Waals surface area contributed by atoms with Crippen molar-refractivity contribution in [2.75, 3.05) is 44.2 Å². The van der Waals surface area contributed by atoms with Crippen molar-refractivity contribution in [1.29, 1.82) is 0 Å². The number of benzene rings is 3. The van der Waals surface area contributed by atoms with Gasteiger partial charge in [-0.25, -0.2) is 0 Å². The molecule has 4 rings (SSSR count). The second-order valence-corrected chi connectivity index (χ2v) is 9.29. The Hall–Kier alpha value is -2.86. The van der Waals surface area contributed by atoms with Gasteiger partial charge < -0.3 is 14.7 Å². The summed E-state index contributed by atoms with van der Waals surface area (Å²) in [6, 6.07) is 20.3. The summed E-state index contributed by atoms with van der Waals surface area (Å²) in [6.07, 6.45) is -0.581. The molecule has 178 valence electrons. The molecule has 3 aromatic rings. The second-order valence-electron chi connectivity index (χ2n) is 8.85. The first-order valence-electron chi connectivity index (χ1n) is 11.7. The van der Waals surface area contributed by atoms with E-state index >= 15 is 0 Å². The molecule has 34 heavy (non-hydrogen) atoms. The lowest BCUT2D eigenvalue weighted by molar-refractivity contribution is 0.0663. The number of carbonyl (C=O) groups excluding carboxylic acids is 1. The Labute approximate surface area is 206 Å². The summed E-state index contributed by atoms with van der Waals surface area (Å²) in [5, 5.41) is 11.1. The van der Waals surface area contributed by atoms with Crippen LogP contribution in [0.15, 0.2) is 66.7 Å². The molecule has 1 heterocycles. The molecule has 6 heteroatoms. The Morgan fingerprint density at radius 3 is 2.06 bits per heavy atom. The number of aliphatic hydroxyl groups is 1. The average molecular weight is 479 g/mol. The van der Waals surface area contributed by atoms with Crippen LogP contribution in [0.2, 0.25) is 5.02 Å². The number of anilines is 1. The van der Waals surface area contributed by atoms with Gasteiger partial charge in [-0.1, -0.05) is 29.8 Å². The summed E-state index contributed by atoms with van der Waals surface area (Å²) in [6.45, 7) is 8.82. The van der Waals surface area contributed by atoms with Gasteiger partial charge in [0.2, 0.25) is 0 Å². The van der Waals surface area contributed by atoms with Crippen LogP contribution >= 0.6 is 11.6 Å². The standard InChI is InChI=1S/C28H31ClN2O3/c1-20-4-3-5-21(2)27(20)31-16-14-30(15-17-31)18-25(32)19-34-26-12-8-23(9-13-26)28(33)22-6-10-24(29)11-7-22/h3-13,25,32H,14-19H2,1-2H3. The van der Waals surface area contributed by atoms with Gasteiger partial charge in [-0.2, -0.15) is 0 Å². The van der Waals surface area contributed by atoms with Crippen LogP contribution in [0.3, 0.4) is 0 Å². The van der Waals surface area contributed by atoms with E-state index in [4.69, 9.17) is 16.3 Å². The van der Waals surface area contributed by atoms with Gasteiger partial charge in [-0.3, -0.25) is 9.69 Å². The molecule has 1 fully saturated rings. The van der Waals surface area contributed by atoms with Crippen LogP contribution in [-0.4, -0.2) is 61.2 Å². The minimum absolute atomic E-state index is 0.0664. The van der Waals surface area contributed by atoms with Crippen LogP contribution in [0.4, 0.5) is 5.69 Å². The van der Waals surface area contributed by atoms with Gasteiger partial charge in [-0.15, -0.1) is 0 Å². The maximum Gasteiger partial charge on any atom is 0.193 e. The maximum atomic E-state index is 12.6. The highest BCUT2D eigenvalue weighted by molar-refractivity contribution is 6.30. The zero-order chi connectivity index (χ0) is 24.1. The quantitative estimate of drug-likeness (QED) is 0.473. The molecule has 0 aliphatic carbocycles. The topological polar surface area (TPSA) is 53.0 Å². The molecule has 3 aromatic carbocycles. The minimum atomic E-state index is -0.581. The van der Waals surface area contributed by atoms with E-state index in [1.165, 1.54) is 16.8 Å². The molecule has 0 saturated carbocycles. The molecule has 0 aromatic heterocycles. The first-order chi connectivity index (χ1) is 16.4. The molecule has 1 aliphatic heterocycles. The highest BCUT2D eigenvalue weighted by atomic mass is 35.5. The van der Waals surface area contributed by atoms with Gasteiger partial charge in [0.15, 0.2) is 5.78 Å². The predicted molar refractivity (Wildman–Crippen MR) is 137 cm³/mol. The van der Waals surface area contributed by atoms with E-state index in [-0.39, 0.29) is 12.4 Å². The Bertz CT molecular complexity index is 1090. The van der Waals surface area contributed by atoms with E-state index in [1.807, 2.05) is 0 Å². The zero-order valence-corrected chi connectivity index (χ0v) is 20.5. The number of piperazine rings is 1. The van der Waals surface area contributed by atoms with Crippen molar-refractivity contribution in [3.05, 3.63) is 94.0 Å². The lowest BCUT2D eigenvalue weighted by Crippen LogP contribution is -2.49. The molecular formula is C28H31ClN2O3. The minimum Gasteiger partial charge on any atom is -0.491 e. The number of halogens is 1. The van der Waals surface area contributed by atoms with E-state index in [0.29, 0.717) is 28.4 Å². The smallest absolute Gasteiger partial charge is 0.193 e. The third kappa shape index (κ3) is 5.98. The molecular weight excluding hydrogens is 448 g/mol. The number of nitrogens with zero attached hydrogens (tertiary/aromatic N) is 2. The first kappa shape index (κ1) is 24.3. The van der Waals surface area contributed by atoms with Gasteiger partial charge in [-0.05, 0) is 73.5 Å². The predicted octanol–water partition coefficient (Wildman–Crippen LogP) is 4.75. The average Bonchev–Trinajstić information content (AvgIpc) is 2.84. The number of aryl methyl sites for hydroxylation is 2. The van der Waals surface area contributed by atoms with Crippen LogP contribution in [0.1, 0.15) is 27.0 Å². The fraction of sp³-hybridized carbons (Fsp3) is 0.321. The number of ether oxygens (including phenoxy) is 1. The third-order valence-electron chi connectivity index (χ3n) is 6.26. The van der Waals surface area contributed by atoms with Crippen LogP contribution < -0.4 is 9.64 Å². The Balaban J connectivity index is 1.23. The largest absolute Gasteiger partial charge is 0.491 e. The number of carbonyl (C=O) groups is 1. The number of para-hydroxylation sites is 1. The number of hydrogen-bond donors (Lipinski definition) is 1. The first-order valence-corrected chi connectivity index (χ1v) is 12.0. The molecule has 1 saturated heterocycles. The molecule has 0 radical (unpaired) electrons.